The highest BCUT2D eigenvalue weighted by atomic mass is 16.5. The largest absolute Gasteiger partial charge is 0.385 e. The maximum absolute atomic E-state index is 6.17. The van der Waals surface area contributed by atoms with Crippen LogP contribution in [0, 0.1) is 0 Å². The Labute approximate surface area is 100 Å². The van der Waals surface area contributed by atoms with Crippen molar-refractivity contribution in [2.45, 2.75) is 64.1 Å². The Balaban J connectivity index is 2.27. The van der Waals surface area contributed by atoms with E-state index >= 15 is 0 Å². The summed E-state index contributed by atoms with van der Waals surface area (Å²) in [5.41, 5.74) is 6.17. The topological polar surface area (TPSA) is 38.5 Å². The van der Waals surface area contributed by atoms with Crippen LogP contribution >= 0.6 is 0 Å². The Morgan fingerprint density at radius 1 is 1.31 bits per heavy atom. The SMILES string of the molecule is COCCCC(N)CN1C(C)CCCC1C. The monoisotopic (exact) mass is 228 g/mol. The van der Waals surface area contributed by atoms with Gasteiger partial charge in [-0.2, -0.15) is 0 Å². The molecule has 0 bridgehead atoms. The lowest BCUT2D eigenvalue weighted by atomic mass is 9.96. The summed E-state index contributed by atoms with van der Waals surface area (Å²) in [5.74, 6) is 0. The number of nitrogens with zero attached hydrogens (tertiary/aromatic N) is 1. The summed E-state index contributed by atoms with van der Waals surface area (Å²) in [6.45, 7) is 6.54. The standard InChI is InChI=1S/C13H28N2O/c1-11-6-4-7-12(2)15(11)10-13(14)8-5-9-16-3/h11-13H,4-10,14H2,1-3H3. The first kappa shape index (κ1) is 13.9. The van der Waals surface area contributed by atoms with Crippen molar-refractivity contribution in [2.75, 3.05) is 20.3 Å². The molecule has 3 atom stereocenters. The second kappa shape index (κ2) is 7.25. The zero-order chi connectivity index (χ0) is 12.0. The Bertz CT molecular complexity index is 177. The van der Waals surface area contributed by atoms with Gasteiger partial charge in [0.2, 0.25) is 0 Å². The van der Waals surface area contributed by atoms with Gasteiger partial charge in [0.05, 0.1) is 0 Å². The lowest BCUT2D eigenvalue weighted by molar-refractivity contribution is 0.0930. The number of piperidine rings is 1. The summed E-state index contributed by atoms with van der Waals surface area (Å²) in [6, 6.07) is 1.72. The third-order valence-electron chi connectivity index (χ3n) is 3.74. The molecule has 0 aromatic carbocycles. The Morgan fingerprint density at radius 2 is 1.94 bits per heavy atom. The smallest absolute Gasteiger partial charge is 0.0462 e. The van der Waals surface area contributed by atoms with Crippen molar-refractivity contribution in [3.63, 3.8) is 0 Å². The van der Waals surface area contributed by atoms with E-state index in [1.54, 1.807) is 7.11 Å². The molecule has 2 N–H and O–H groups in total. The van der Waals surface area contributed by atoms with Crippen molar-refractivity contribution in [3.8, 4) is 0 Å². The lowest BCUT2D eigenvalue weighted by Crippen LogP contribution is -2.49. The van der Waals surface area contributed by atoms with Crippen LogP contribution in [0.25, 0.3) is 0 Å². The molecule has 0 spiro atoms. The third-order valence-corrected chi connectivity index (χ3v) is 3.74. The second-order valence-electron chi connectivity index (χ2n) is 5.22. The minimum atomic E-state index is 0.304. The minimum Gasteiger partial charge on any atom is -0.385 e. The summed E-state index contributed by atoms with van der Waals surface area (Å²) >= 11 is 0. The van der Waals surface area contributed by atoms with Crippen molar-refractivity contribution in [3.05, 3.63) is 0 Å². The van der Waals surface area contributed by atoms with Crippen LogP contribution in [0.4, 0.5) is 0 Å². The van der Waals surface area contributed by atoms with Crippen LogP contribution in [-0.2, 0) is 4.74 Å². The van der Waals surface area contributed by atoms with Gasteiger partial charge in [0.15, 0.2) is 0 Å². The first-order valence-electron chi connectivity index (χ1n) is 6.65. The molecule has 1 rings (SSSR count). The van der Waals surface area contributed by atoms with Crippen LogP contribution in [0.3, 0.4) is 0 Å². The normalized spacial score (nSPS) is 29.2. The van der Waals surface area contributed by atoms with Gasteiger partial charge in [0.1, 0.15) is 0 Å². The molecule has 3 unspecified atom stereocenters. The highest BCUT2D eigenvalue weighted by Gasteiger charge is 2.25. The molecule has 96 valence electrons. The van der Waals surface area contributed by atoms with Gasteiger partial charge in [-0.05, 0) is 39.5 Å². The van der Waals surface area contributed by atoms with E-state index in [0.29, 0.717) is 18.1 Å². The summed E-state index contributed by atoms with van der Waals surface area (Å²) in [4.78, 5) is 2.58. The molecule has 0 radical (unpaired) electrons. The molecule has 0 amide bonds. The number of ether oxygens (including phenoxy) is 1. The van der Waals surface area contributed by atoms with E-state index in [-0.39, 0.29) is 0 Å². The molecule has 1 fully saturated rings. The highest BCUT2D eigenvalue weighted by molar-refractivity contribution is 4.82. The zero-order valence-corrected chi connectivity index (χ0v) is 11.1. The van der Waals surface area contributed by atoms with Gasteiger partial charge in [-0.25, -0.2) is 0 Å². The van der Waals surface area contributed by atoms with E-state index < -0.39 is 0 Å². The number of likely N-dealkylation sites (tertiary alicyclic amines) is 1. The molecule has 1 aliphatic rings. The fraction of sp³-hybridized carbons (Fsp3) is 1.00. The number of methoxy groups -OCH3 is 1. The Morgan fingerprint density at radius 3 is 2.50 bits per heavy atom. The Hall–Kier alpha value is -0.120. The first-order valence-corrected chi connectivity index (χ1v) is 6.65. The van der Waals surface area contributed by atoms with E-state index in [2.05, 4.69) is 18.7 Å². The van der Waals surface area contributed by atoms with E-state index in [4.69, 9.17) is 10.5 Å². The maximum Gasteiger partial charge on any atom is 0.0462 e. The average Bonchev–Trinajstić information content (AvgIpc) is 2.24. The van der Waals surface area contributed by atoms with Crippen molar-refractivity contribution < 1.29 is 4.74 Å². The summed E-state index contributed by atoms with van der Waals surface area (Å²) < 4.78 is 5.06. The van der Waals surface area contributed by atoms with E-state index in [1.807, 2.05) is 0 Å². The molecule has 0 aromatic heterocycles. The van der Waals surface area contributed by atoms with Crippen LogP contribution in [0.5, 0.6) is 0 Å². The van der Waals surface area contributed by atoms with Crippen LogP contribution < -0.4 is 5.73 Å². The number of hydrogen-bond acceptors (Lipinski definition) is 3. The lowest BCUT2D eigenvalue weighted by Gasteiger charge is -2.40. The summed E-state index contributed by atoms with van der Waals surface area (Å²) in [5, 5.41) is 0. The van der Waals surface area contributed by atoms with Gasteiger partial charge in [0.25, 0.3) is 0 Å². The Kier molecular flexibility index (Phi) is 6.32. The minimum absolute atomic E-state index is 0.304. The molecule has 1 heterocycles. The van der Waals surface area contributed by atoms with Crippen LogP contribution in [0.2, 0.25) is 0 Å². The van der Waals surface area contributed by atoms with Crippen molar-refractivity contribution in [1.29, 1.82) is 0 Å². The van der Waals surface area contributed by atoms with E-state index in [9.17, 15) is 0 Å². The molecule has 3 heteroatoms. The maximum atomic E-state index is 6.17. The number of hydrogen-bond donors (Lipinski definition) is 1. The van der Waals surface area contributed by atoms with Gasteiger partial charge in [-0.3, -0.25) is 4.90 Å². The fourth-order valence-corrected chi connectivity index (χ4v) is 2.69. The number of nitrogens with two attached hydrogens (primary N) is 1. The first-order chi connectivity index (χ1) is 7.65. The predicted molar refractivity (Wildman–Crippen MR) is 68.6 cm³/mol. The van der Waals surface area contributed by atoms with Gasteiger partial charge in [0, 0.05) is 38.4 Å². The molecule has 1 aliphatic heterocycles. The number of rotatable bonds is 6. The molecule has 0 saturated carbocycles. The van der Waals surface area contributed by atoms with Crippen molar-refractivity contribution >= 4 is 0 Å². The van der Waals surface area contributed by atoms with Gasteiger partial charge in [-0.1, -0.05) is 6.42 Å². The van der Waals surface area contributed by atoms with Crippen molar-refractivity contribution in [2.24, 2.45) is 5.73 Å². The molecular formula is C13H28N2O. The molecule has 0 aliphatic carbocycles. The molecule has 0 aromatic rings. The van der Waals surface area contributed by atoms with Crippen LogP contribution in [0.1, 0.15) is 46.0 Å². The highest BCUT2D eigenvalue weighted by Crippen LogP contribution is 2.22. The predicted octanol–water partition coefficient (Wildman–Crippen LogP) is 2.00. The molecular weight excluding hydrogens is 200 g/mol. The van der Waals surface area contributed by atoms with Gasteiger partial charge >= 0.3 is 0 Å². The fourth-order valence-electron chi connectivity index (χ4n) is 2.69. The van der Waals surface area contributed by atoms with Crippen LogP contribution in [0.15, 0.2) is 0 Å². The summed E-state index contributed by atoms with van der Waals surface area (Å²) in [6.07, 6.45) is 6.18. The quantitative estimate of drug-likeness (QED) is 0.707. The molecule has 1 saturated heterocycles. The van der Waals surface area contributed by atoms with Crippen LogP contribution in [-0.4, -0.2) is 43.3 Å². The third kappa shape index (κ3) is 4.40. The second-order valence-corrected chi connectivity index (χ2v) is 5.22. The molecule has 16 heavy (non-hydrogen) atoms. The van der Waals surface area contributed by atoms with Gasteiger partial charge in [-0.15, -0.1) is 0 Å². The van der Waals surface area contributed by atoms with Gasteiger partial charge < -0.3 is 10.5 Å². The average molecular weight is 228 g/mol. The van der Waals surface area contributed by atoms with Crippen molar-refractivity contribution in [1.82, 2.24) is 4.90 Å². The van der Waals surface area contributed by atoms with E-state index in [1.165, 1.54) is 19.3 Å². The summed E-state index contributed by atoms with van der Waals surface area (Å²) in [7, 11) is 1.75. The van der Waals surface area contributed by atoms with E-state index in [0.717, 1.165) is 26.0 Å². The molecule has 3 nitrogen and oxygen atoms in total. The zero-order valence-electron chi connectivity index (χ0n) is 11.1.